The standard InChI is InChI=1S/C26H23FN4O3S/c1-17(32)29-12-10-19-8-9-20(13-22(19)27)24(33)16-35-26-30-23-7-3-2-6-21(23)25(34)31(26)15-18-5-4-11-28-14-18/h2-9,11,13-14H,10,12,15-16H2,1H3,(H,29,32). The zero-order valence-electron chi connectivity index (χ0n) is 19.0. The number of halogens is 1. The second-order valence-electron chi connectivity index (χ2n) is 7.92. The zero-order chi connectivity index (χ0) is 24.8. The van der Waals surface area contributed by atoms with E-state index < -0.39 is 5.82 Å². The number of ketones is 1. The normalized spacial score (nSPS) is 10.9. The van der Waals surface area contributed by atoms with Crippen molar-refractivity contribution in [2.75, 3.05) is 12.3 Å². The fraction of sp³-hybridized carbons (Fsp3) is 0.192. The smallest absolute Gasteiger partial charge is 0.262 e. The van der Waals surface area contributed by atoms with Gasteiger partial charge in [-0.1, -0.05) is 42.1 Å². The highest BCUT2D eigenvalue weighted by Gasteiger charge is 2.16. The number of hydrogen-bond donors (Lipinski definition) is 1. The number of pyridine rings is 1. The largest absolute Gasteiger partial charge is 0.356 e. The van der Waals surface area contributed by atoms with E-state index in [1.54, 1.807) is 54.9 Å². The van der Waals surface area contributed by atoms with Gasteiger partial charge in [-0.2, -0.15) is 0 Å². The third-order valence-electron chi connectivity index (χ3n) is 5.37. The zero-order valence-corrected chi connectivity index (χ0v) is 19.8. The number of Topliss-reactive ketones (excluding diaryl/α,β-unsaturated/α-hetero) is 1. The molecule has 0 aliphatic heterocycles. The second kappa shape index (κ2) is 11.1. The quantitative estimate of drug-likeness (QED) is 0.219. The van der Waals surface area contributed by atoms with E-state index in [0.29, 0.717) is 34.6 Å². The third kappa shape index (κ3) is 5.99. The number of nitrogens with one attached hydrogen (secondary N) is 1. The van der Waals surface area contributed by atoms with Crippen LogP contribution in [0, 0.1) is 5.82 Å². The van der Waals surface area contributed by atoms with E-state index in [-0.39, 0.29) is 35.1 Å². The number of benzene rings is 2. The molecule has 0 radical (unpaired) electrons. The molecule has 0 spiro atoms. The summed E-state index contributed by atoms with van der Waals surface area (Å²) < 4.78 is 16.0. The van der Waals surface area contributed by atoms with Crippen molar-refractivity contribution in [1.82, 2.24) is 19.9 Å². The number of aromatic nitrogens is 3. The molecule has 4 aromatic rings. The molecule has 0 saturated carbocycles. The van der Waals surface area contributed by atoms with Gasteiger partial charge < -0.3 is 5.32 Å². The van der Waals surface area contributed by atoms with E-state index in [0.717, 1.165) is 17.3 Å². The monoisotopic (exact) mass is 490 g/mol. The number of carbonyl (C=O) groups excluding carboxylic acids is 2. The van der Waals surface area contributed by atoms with Crippen LogP contribution in [0.15, 0.2) is 76.9 Å². The molecule has 0 aliphatic carbocycles. The molecule has 35 heavy (non-hydrogen) atoms. The topological polar surface area (TPSA) is 94.0 Å². The van der Waals surface area contributed by atoms with Gasteiger partial charge in [-0.15, -0.1) is 0 Å². The molecule has 0 bridgehead atoms. The minimum Gasteiger partial charge on any atom is -0.356 e. The van der Waals surface area contributed by atoms with Crippen molar-refractivity contribution in [1.29, 1.82) is 0 Å². The third-order valence-corrected chi connectivity index (χ3v) is 6.34. The van der Waals surface area contributed by atoms with Gasteiger partial charge in [0.2, 0.25) is 5.91 Å². The summed E-state index contributed by atoms with van der Waals surface area (Å²) in [6, 6.07) is 15.1. The molecular formula is C26H23FN4O3S. The first-order chi connectivity index (χ1) is 16.9. The maximum Gasteiger partial charge on any atom is 0.262 e. The maximum absolute atomic E-state index is 14.5. The molecule has 1 N–H and O–H groups in total. The fourth-order valence-corrected chi connectivity index (χ4v) is 4.47. The van der Waals surface area contributed by atoms with Crippen LogP contribution >= 0.6 is 11.8 Å². The Morgan fingerprint density at radius 1 is 1.11 bits per heavy atom. The van der Waals surface area contributed by atoms with Crippen molar-refractivity contribution < 1.29 is 14.0 Å². The summed E-state index contributed by atoms with van der Waals surface area (Å²) in [5, 5.41) is 3.51. The van der Waals surface area contributed by atoms with E-state index in [9.17, 15) is 18.8 Å². The summed E-state index contributed by atoms with van der Waals surface area (Å²) in [5.41, 5.74) is 1.83. The lowest BCUT2D eigenvalue weighted by atomic mass is 10.1. The van der Waals surface area contributed by atoms with E-state index in [2.05, 4.69) is 15.3 Å². The van der Waals surface area contributed by atoms with Crippen molar-refractivity contribution in [3.63, 3.8) is 0 Å². The molecule has 2 aromatic carbocycles. The molecule has 4 rings (SSSR count). The van der Waals surface area contributed by atoms with Gasteiger partial charge in [-0.3, -0.25) is 23.9 Å². The summed E-state index contributed by atoms with van der Waals surface area (Å²) in [6.07, 6.45) is 3.66. The minimum absolute atomic E-state index is 0.0114. The highest BCUT2D eigenvalue weighted by Crippen LogP contribution is 2.21. The van der Waals surface area contributed by atoms with Gasteiger partial charge in [0.05, 0.1) is 23.2 Å². The van der Waals surface area contributed by atoms with Crippen molar-refractivity contribution in [3.8, 4) is 0 Å². The van der Waals surface area contributed by atoms with E-state index in [1.807, 2.05) is 6.07 Å². The molecular weight excluding hydrogens is 467 g/mol. The molecule has 2 aromatic heterocycles. The van der Waals surface area contributed by atoms with Gasteiger partial charge in [-0.05, 0) is 41.8 Å². The van der Waals surface area contributed by atoms with Crippen LogP contribution < -0.4 is 10.9 Å². The van der Waals surface area contributed by atoms with E-state index >= 15 is 0 Å². The highest BCUT2D eigenvalue weighted by atomic mass is 32.2. The molecule has 0 fully saturated rings. The average Bonchev–Trinajstić information content (AvgIpc) is 2.86. The predicted molar refractivity (Wildman–Crippen MR) is 133 cm³/mol. The van der Waals surface area contributed by atoms with Crippen molar-refractivity contribution in [2.24, 2.45) is 0 Å². The number of para-hydroxylation sites is 1. The van der Waals surface area contributed by atoms with Crippen LogP contribution in [0.5, 0.6) is 0 Å². The Balaban J connectivity index is 1.55. The van der Waals surface area contributed by atoms with Crippen molar-refractivity contribution in [2.45, 2.75) is 25.0 Å². The van der Waals surface area contributed by atoms with E-state index in [1.165, 1.54) is 17.6 Å². The van der Waals surface area contributed by atoms with Gasteiger partial charge in [0.15, 0.2) is 10.9 Å². The molecule has 0 unspecified atom stereocenters. The molecule has 9 heteroatoms. The molecule has 0 saturated heterocycles. The van der Waals surface area contributed by atoms with E-state index in [4.69, 9.17) is 0 Å². The number of hydrogen-bond acceptors (Lipinski definition) is 6. The molecule has 7 nitrogen and oxygen atoms in total. The van der Waals surface area contributed by atoms with Crippen LogP contribution in [0.4, 0.5) is 4.39 Å². The first kappa shape index (κ1) is 24.3. The number of fused-ring (bicyclic) bond motifs is 1. The van der Waals surface area contributed by atoms with Gasteiger partial charge in [0, 0.05) is 31.4 Å². The van der Waals surface area contributed by atoms with Crippen LogP contribution in [-0.4, -0.2) is 38.5 Å². The summed E-state index contributed by atoms with van der Waals surface area (Å²) in [7, 11) is 0. The van der Waals surface area contributed by atoms with Crippen molar-refractivity contribution >= 4 is 34.4 Å². The Labute approximate surface area is 205 Å². The van der Waals surface area contributed by atoms with Gasteiger partial charge in [-0.25, -0.2) is 9.37 Å². The van der Waals surface area contributed by atoms with Crippen LogP contribution in [0.25, 0.3) is 10.9 Å². The van der Waals surface area contributed by atoms with Crippen LogP contribution in [-0.2, 0) is 17.8 Å². The fourth-order valence-electron chi connectivity index (χ4n) is 3.58. The van der Waals surface area contributed by atoms with Crippen LogP contribution in [0.3, 0.4) is 0 Å². The van der Waals surface area contributed by atoms with Crippen LogP contribution in [0.2, 0.25) is 0 Å². The molecule has 2 heterocycles. The van der Waals surface area contributed by atoms with Crippen LogP contribution in [0.1, 0.15) is 28.4 Å². The number of carbonyl (C=O) groups is 2. The lowest BCUT2D eigenvalue weighted by Gasteiger charge is -2.13. The molecule has 178 valence electrons. The second-order valence-corrected chi connectivity index (χ2v) is 8.86. The van der Waals surface area contributed by atoms with Gasteiger partial charge in [0.25, 0.3) is 5.56 Å². The molecule has 0 aliphatic rings. The van der Waals surface area contributed by atoms with Gasteiger partial charge in [0.1, 0.15) is 5.82 Å². The summed E-state index contributed by atoms with van der Waals surface area (Å²) in [6.45, 7) is 1.98. The lowest BCUT2D eigenvalue weighted by Crippen LogP contribution is -2.24. The Morgan fingerprint density at radius 3 is 2.69 bits per heavy atom. The summed E-state index contributed by atoms with van der Waals surface area (Å²) in [5.74, 6) is -0.970. The summed E-state index contributed by atoms with van der Waals surface area (Å²) >= 11 is 1.14. The Kier molecular flexibility index (Phi) is 7.67. The Bertz CT molecular complexity index is 1440. The summed E-state index contributed by atoms with van der Waals surface area (Å²) in [4.78, 5) is 45.8. The number of amides is 1. The maximum atomic E-state index is 14.5. The first-order valence-corrected chi connectivity index (χ1v) is 12.0. The minimum atomic E-state index is -0.497. The molecule has 0 atom stereocenters. The number of nitrogens with zero attached hydrogens (tertiary/aromatic N) is 3. The number of thioether (sulfide) groups is 1. The predicted octanol–water partition coefficient (Wildman–Crippen LogP) is 3.63. The molecule has 1 amide bonds. The average molecular weight is 491 g/mol. The SMILES string of the molecule is CC(=O)NCCc1ccc(C(=O)CSc2nc3ccccc3c(=O)n2Cc2cccnc2)cc1F. The Hall–Kier alpha value is -3.85. The highest BCUT2D eigenvalue weighted by molar-refractivity contribution is 7.99. The lowest BCUT2D eigenvalue weighted by molar-refractivity contribution is -0.118. The number of rotatable bonds is 9. The Morgan fingerprint density at radius 2 is 1.94 bits per heavy atom. The van der Waals surface area contributed by atoms with Crippen molar-refractivity contribution in [3.05, 3.63) is 99.9 Å². The first-order valence-electron chi connectivity index (χ1n) is 11.0. The van der Waals surface area contributed by atoms with Gasteiger partial charge >= 0.3 is 0 Å².